The van der Waals surface area contributed by atoms with Gasteiger partial charge >= 0.3 is 7.12 Å². The van der Waals surface area contributed by atoms with E-state index in [1.807, 2.05) is 12.1 Å². The molecule has 6 heteroatoms. The minimum absolute atomic E-state index is 0.377. The number of rotatable bonds is 7. The van der Waals surface area contributed by atoms with Gasteiger partial charge in [-0.3, -0.25) is 0 Å². The van der Waals surface area contributed by atoms with E-state index in [0.29, 0.717) is 17.5 Å². The molecule has 5 nitrogen and oxygen atoms in total. The summed E-state index contributed by atoms with van der Waals surface area (Å²) in [6.45, 7) is 8.30. The molecular weight excluding hydrogens is 625 g/mol. The number of hydrogen-bond donors (Lipinski definition) is 0. The Balaban J connectivity index is 1.11. The van der Waals surface area contributed by atoms with Gasteiger partial charge in [0, 0.05) is 16.7 Å². The summed E-state index contributed by atoms with van der Waals surface area (Å²) >= 11 is 0. The molecule has 1 aliphatic heterocycles. The fourth-order valence-corrected chi connectivity index (χ4v) is 6.27. The van der Waals surface area contributed by atoms with Gasteiger partial charge in [-0.2, -0.15) is 0 Å². The lowest BCUT2D eigenvalue weighted by Gasteiger charge is -2.32. The van der Waals surface area contributed by atoms with Crippen molar-refractivity contribution in [1.29, 1.82) is 0 Å². The van der Waals surface area contributed by atoms with Gasteiger partial charge in [0.05, 0.1) is 11.2 Å². The van der Waals surface area contributed by atoms with Crippen LogP contribution in [0.15, 0.2) is 158 Å². The van der Waals surface area contributed by atoms with Crippen molar-refractivity contribution in [2.24, 2.45) is 0 Å². The second-order valence-electron chi connectivity index (χ2n) is 14.0. The van der Waals surface area contributed by atoms with E-state index < -0.39 is 0 Å². The maximum Gasteiger partial charge on any atom is 0.494 e. The lowest BCUT2D eigenvalue weighted by molar-refractivity contribution is 0.00578. The summed E-state index contributed by atoms with van der Waals surface area (Å²) in [4.78, 5) is 15.0. The molecule has 0 saturated carbocycles. The molecule has 0 N–H and O–H groups in total. The van der Waals surface area contributed by atoms with Gasteiger partial charge in [0.1, 0.15) is 0 Å². The Labute approximate surface area is 300 Å². The molecule has 0 aliphatic carbocycles. The summed E-state index contributed by atoms with van der Waals surface area (Å²) in [6, 6.07) is 54.4. The first-order valence-corrected chi connectivity index (χ1v) is 17.4. The summed E-state index contributed by atoms with van der Waals surface area (Å²) in [7, 11) is -0.386. The average molecular weight is 664 g/mol. The first-order chi connectivity index (χ1) is 24.7. The Morgan fingerprint density at radius 3 is 0.902 bits per heavy atom. The molecule has 248 valence electrons. The van der Waals surface area contributed by atoms with Crippen molar-refractivity contribution in [3.8, 4) is 67.5 Å². The minimum atomic E-state index is -0.386. The Morgan fingerprint density at radius 1 is 0.333 bits per heavy atom. The highest BCUT2D eigenvalue weighted by Crippen LogP contribution is 2.37. The minimum Gasteiger partial charge on any atom is -0.399 e. The maximum absolute atomic E-state index is 6.25. The van der Waals surface area contributed by atoms with Gasteiger partial charge in [-0.05, 0) is 66.5 Å². The van der Waals surface area contributed by atoms with E-state index in [-0.39, 0.29) is 18.3 Å². The fourth-order valence-electron chi connectivity index (χ4n) is 6.27. The SMILES string of the molecule is CC1(C)OB(c2ccc(-c3ccc(-c4nc(-c5ccc(-c6ccccc6)cc5)nc(-c5ccc(-c6ccccc6)cc5)n4)cc3)cc2)OC1(C)C. The van der Waals surface area contributed by atoms with E-state index >= 15 is 0 Å². The van der Waals surface area contributed by atoms with Crippen LogP contribution in [0.5, 0.6) is 0 Å². The zero-order valence-corrected chi connectivity index (χ0v) is 29.2. The van der Waals surface area contributed by atoms with Crippen molar-refractivity contribution < 1.29 is 9.31 Å². The third-order valence-electron chi connectivity index (χ3n) is 10.0. The summed E-state index contributed by atoms with van der Waals surface area (Å²) in [5, 5.41) is 0. The van der Waals surface area contributed by atoms with Crippen LogP contribution in [0.4, 0.5) is 0 Å². The van der Waals surface area contributed by atoms with Gasteiger partial charge in [-0.1, -0.05) is 158 Å². The second-order valence-corrected chi connectivity index (χ2v) is 14.0. The quantitative estimate of drug-likeness (QED) is 0.159. The van der Waals surface area contributed by atoms with Crippen LogP contribution < -0.4 is 5.46 Å². The highest BCUT2D eigenvalue weighted by molar-refractivity contribution is 6.62. The lowest BCUT2D eigenvalue weighted by Crippen LogP contribution is -2.41. The van der Waals surface area contributed by atoms with Crippen molar-refractivity contribution in [3.63, 3.8) is 0 Å². The lowest BCUT2D eigenvalue weighted by atomic mass is 9.78. The molecule has 0 amide bonds. The molecule has 8 rings (SSSR count). The van der Waals surface area contributed by atoms with E-state index in [4.69, 9.17) is 24.3 Å². The van der Waals surface area contributed by atoms with Crippen molar-refractivity contribution in [2.45, 2.75) is 38.9 Å². The zero-order valence-electron chi connectivity index (χ0n) is 29.2. The van der Waals surface area contributed by atoms with Crippen molar-refractivity contribution in [1.82, 2.24) is 15.0 Å². The van der Waals surface area contributed by atoms with Crippen LogP contribution in [0.2, 0.25) is 0 Å². The fraction of sp³-hybridized carbons (Fsp3) is 0.133. The predicted molar refractivity (Wildman–Crippen MR) is 208 cm³/mol. The van der Waals surface area contributed by atoms with Gasteiger partial charge in [0.15, 0.2) is 17.5 Å². The van der Waals surface area contributed by atoms with Gasteiger partial charge in [0.25, 0.3) is 0 Å². The van der Waals surface area contributed by atoms with Gasteiger partial charge in [-0.25, -0.2) is 15.0 Å². The standard InChI is InChI=1S/C45H38BN3O2/c1-44(2)45(3,4)51-46(50-44)40-29-27-36(28-30-40)35-19-25-39(26-20-35)43-48-41(37-21-15-33(16-22-37)31-11-7-5-8-12-31)47-42(49-43)38-23-17-34(18-24-38)32-13-9-6-10-14-32/h5-30H,1-4H3. The summed E-state index contributed by atoms with van der Waals surface area (Å²) in [6.07, 6.45) is 0. The predicted octanol–water partition coefficient (Wildman–Crippen LogP) is 10.2. The molecule has 0 spiro atoms. The van der Waals surface area contributed by atoms with Crippen LogP contribution in [0, 0.1) is 0 Å². The number of nitrogens with zero attached hydrogens (tertiary/aromatic N) is 3. The second kappa shape index (κ2) is 13.2. The molecule has 0 atom stereocenters. The Hall–Kier alpha value is -5.69. The van der Waals surface area contributed by atoms with Crippen LogP contribution in [0.25, 0.3) is 67.5 Å². The Morgan fingerprint density at radius 2 is 0.588 bits per heavy atom. The summed E-state index contributed by atoms with van der Waals surface area (Å²) < 4.78 is 12.5. The van der Waals surface area contributed by atoms with E-state index in [0.717, 1.165) is 44.4 Å². The van der Waals surface area contributed by atoms with E-state index in [9.17, 15) is 0 Å². The van der Waals surface area contributed by atoms with Crippen LogP contribution in [-0.4, -0.2) is 33.3 Å². The highest BCUT2D eigenvalue weighted by atomic mass is 16.7. The molecule has 51 heavy (non-hydrogen) atoms. The van der Waals surface area contributed by atoms with Gasteiger partial charge < -0.3 is 9.31 Å². The van der Waals surface area contributed by atoms with E-state index in [2.05, 4.69) is 173 Å². The molecule has 1 saturated heterocycles. The average Bonchev–Trinajstić information content (AvgIpc) is 3.41. The van der Waals surface area contributed by atoms with E-state index in [1.165, 1.54) is 11.1 Å². The molecule has 6 aromatic carbocycles. The van der Waals surface area contributed by atoms with Gasteiger partial charge in [-0.15, -0.1) is 0 Å². The van der Waals surface area contributed by atoms with Crippen LogP contribution in [-0.2, 0) is 9.31 Å². The Bertz CT molecular complexity index is 2150. The zero-order chi connectivity index (χ0) is 35.0. The van der Waals surface area contributed by atoms with Crippen LogP contribution in [0.3, 0.4) is 0 Å². The molecule has 0 radical (unpaired) electrons. The normalized spacial score (nSPS) is 14.8. The third kappa shape index (κ3) is 6.64. The highest BCUT2D eigenvalue weighted by Gasteiger charge is 2.51. The van der Waals surface area contributed by atoms with Crippen molar-refractivity contribution in [3.05, 3.63) is 158 Å². The summed E-state index contributed by atoms with van der Waals surface area (Å²) in [5.74, 6) is 1.88. The monoisotopic (exact) mass is 663 g/mol. The molecule has 0 bridgehead atoms. The largest absolute Gasteiger partial charge is 0.494 e. The topological polar surface area (TPSA) is 57.1 Å². The molecule has 0 unspecified atom stereocenters. The van der Waals surface area contributed by atoms with Crippen molar-refractivity contribution >= 4 is 12.6 Å². The number of aromatic nitrogens is 3. The molecule has 1 fully saturated rings. The molecule has 1 aliphatic rings. The maximum atomic E-state index is 6.25. The number of benzene rings is 6. The first kappa shape index (κ1) is 32.5. The molecular formula is C45H38BN3O2. The van der Waals surface area contributed by atoms with Gasteiger partial charge in [0.2, 0.25) is 0 Å². The Kier molecular flexibility index (Phi) is 8.43. The molecule has 2 heterocycles. The number of hydrogen-bond acceptors (Lipinski definition) is 5. The summed E-state index contributed by atoms with van der Waals surface area (Å²) in [5.41, 5.74) is 9.86. The third-order valence-corrected chi connectivity index (χ3v) is 10.0. The molecule has 1 aromatic heterocycles. The van der Waals surface area contributed by atoms with Crippen LogP contribution in [0.1, 0.15) is 27.7 Å². The van der Waals surface area contributed by atoms with Crippen molar-refractivity contribution in [2.75, 3.05) is 0 Å². The van der Waals surface area contributed by atoms with Crippen LogP contribution >= 0.6 is 0 Å². The van der Waals surface area contributed by atoms with E-state index in [1.54, 1.807) is 0 Å². The molecule has 7 aromatic rings. The smallest absolute Gasteiger partial charge is 0.399 e. The first-order valence-electron chi connectivity index (χ1n) is 17.4.